The highest BCUT2D eigenvalue weighted by Gasteiger charge is 2.15. The van der Waals surface area contributed by atoms with Crippen molar-refractivity contribution in [3.63, 3.8) is 0 Å². The first-order chi connectivity index (χ1) is 10.7. The molecule has 0 saturated carbocycles. The van der Waals surface area contributed by atoms with E-state index in [0.717, 1.165) is 17.7 Å². The van der Waals surface area contributed by atoms with Crippen LogP contribution in [0.4, 0.5) is 0 Å². The molecule has 1 aliphatic heterocycles. The summed E-state index contributed by atoms with van der Waals surface area (Å²) in [6.45, 7) is 0. The number of halogens is 1. The second-order valence-corrected chi connectivity index (χ2v) is 6.23. The fourth-order valence-electron chi connectivity index (χ4n) is 2.39. The molecule has 0 saturated heterocycles. The van der Waals surface area contributed by atoms with E-state index in [2.05, 4.69) is 51.8 Å². The number of hydrogen-bond donors (Lipinski definition) is 0. The lowest BCUT2D eigenvalue weighted by Crippen LogP contribution is -2.03. The second-order valence-electron chi connectivity index (χ2n) is 4.99. The zero-order valence-corrected chi connectivity index (χ0v) is 14.2. The van der Waals surface area contributed by atoms with Gasteiger partial charge in [0.25, 0.3) is 0 Å². The van der Waals surface area contributed by atoms with Gasteiger partial charge in [0.05, 0.1) is 18.4 Å². The quantitative estimate of drug-likeness (QED) is 0.566. The molecular weight excluding hydrogens is 389 g/mol. The number of allylic oxidation sites excluding steroid dienone is 1. The average molecular weight is 403 g/mol. The molecule has 0 fully saturated rings. The molecule has 0 radical (unpaired) electrons. The van der Waals surface area contributed by atoms with E-state index in [4.69, 9.17) is 4.74 Å². The minimum Gasteiger partial charge on any atom is -0.465 e. The molecule has 3 rings (SSSR count). The normalized spacial score (nSPS) is 13.5. The summed E-state index contributed by atoms with van der Waals surface area (Å²) in [5.41, 5.74) is 5.02. The van der Waals surface area contributed by atoms with Crippen LogP contribution in [0.5, 0.6) is 0 Å². The monoisotopic (exact) mass is 403 g/mol. The highest BCUT2D eigenvalue weighted by molar-refractivity contribution is 14.1. The number of carbonyl (C=O) groups excluding carboxylic acids is 1. The predicted octanol–water partition coefficient (Wildman–Crippen LogP) is 4.31. The van der Waals surface area contributed by atoms with Crippen LogP contribution in [0, 0.1) is 3.57 Å². The molecule has 0 N–H and O–H groups in total. The Morgan fingerprint density at radius 3 is 2.59 bits per heavy atom. The zero-order chi connectivity index (χ0) is 15.5. The summed E-state index contributed by atoms with van der Waals surface area (Å²) in [5, 5.41) is 0. The van der Waals surface area contributed by atoms with Crippen molar-refractivity contribution >= 4 is 39.8 Å². The lowest BCUT2D eigenvalue weighted by Gasteiger charge is -2.06. The van der Waals surface area contributed by atoms with E-state index < -0.39 is 0 Å². The third kappa shape index (κ3) is 3.11. The molecule has 0 aromatic heterocycles. The molecule has 0 unspecified atom stereocenters. The topological polar surface area (TPSA) is 38.7 Å². The van der Waals surface area contributed by atoms with Gasteiger partial charge in [-0.2, -0.15) is 0 Å². The molecule has 1 heterocycles. The van der Waals surface area contributed by atoms with E-state index in [0.29, 0.717) is 5.56 Å². The van der Waals surface area contributed by atoms with Gasteiger partial charge in [-0.15, -0.1) is 0 Å². The molecule has 110 valence electrons. The summed E-state index contributed by atoms with van der Waals surface area (Å²) in [5.74, 6) is -0.322. The van der Waals surface area contributed by atoms with Crippen LogP contribution in [0.1, 0.15) is 27.9 Å². The van der Waals surface area contributed by atoms with Crippen LogP contribution in [-0.2, 0) is 4.74 Å². The molecule has 3 nitrogen and oxygen atoms in total. The molecule has 0 amide bonds. The van der Waals surface area contributed by atoms with Crippen LogP contribution >= 0.6 is 22.6 Å². The summed E-state index contributed by atoms with van der Waals surface area (Å²) in [6.07, 6.45) is 2.73. The summed E-state index contributed by atoms with van der Waals surface area (Å²) in [4.78, 5) is 16.0. The number of ether oxygens (including phenoxy) is 1. The third-order valence-electron chi connectivity index (χ3n) is 3.57. The Kier molecular flexibility index (Phi) is 4.38. The summed E-state index contributed by atoms with van der Waals surface area (Å²) < 4.78 is 5.92. The smallest absolute Gasteiger partial charge is 0.337 e. The fraction of sp³-hybridized carbons (Fsp3) is 0.111. The maximum Gasteiger partial charge on any atom is 0.337 e. The minimum atomic E-state index is -0.322. The number of benzene rings is 2. The Labute approximate surface area is 142 Å². The van der Waals surface area contributed by atoms with Gasteiger partial charge in [0, 0.05) is 16.2 Å². The van der Waals surface area contributed by atoms with Gasteiger partial charge in [-0.05, 0) is 63.6 Å². The molecular formula is C18H14INO2. The van der Waals surface area contributed by atoms with Crippen molar-refractivity contribution in [2.75, 3.05) is 7.11 Å². The van der Waals surface area contributed by atoms with Crippen molar-refractivity contribution in [1.82, 2.24) is 0 Å². The lowest BCUT2D eigenvalue weighted by atomic mass is 9.99. The van der Waals surface area contributed by atoms with Crippen LogP contribution in [0.3, 0.4) is 0 Å². The van der Waals surface area contributed by atoms with Crippen molar-refractivity contribution in [2.45, 2.75) is 6.42 Å². The average Bonchev–Trinajstić information content (AvgIpc) is 3.04. The molecule has 0 aliphatic carbocycles. The van der Waals surface area contributed by atoms with Gasteiger partial charge in [-0.25, -0.2) is 4.79 Å². The van der Waals surface area contributed by atoms with E-state index in [1.165, 1.54) is 21.8 Å². The summed E-state index contributed by atoms with van der Waals surface area (Å²) >= 11 is 2.31. The Morgan fingerprint density at radius 2 is 1.91 bits per heavy atom. The van der Waals surface area contributed by atoms with Gasteiger partial charge >= 0.3 is 5.97 Å². The Hall–Kier alpha value is -1.95. The highest BCUT2D eigenvalue weighted by Crippen LogP contribution is 2.27. The number of nitrogens with zero attached hydrogens (tertiary/aromatic N) is 1. The standard InChI is InChI=1S/C18H14INO2/c1-22-18(21)13-7-5-12(6-8-13)17-10-15(11-20-17)14-3-2-4-16(19)9-14/h2-9,11H,10H2,1H3. The molecule has 2 aromatic rings. The predicted molar refractivity (Wildman–Crippen MR) is 96.1 cm³/mol. The lowest BCUT2D eigenvalue weighted by molar-refractivity contribution is 0.0600. The largest absolute Gasteiger partial charge is 0.465 e. The first kappa shape index (κ1) is 15.0. The minimum absolute atomic E-state index is 0.322. The molecule has 0 atom stereocenters. The van der Waals surface area contributed by atoms with E-state index in [1.807, 2.05) is 18.3 Å². The Bertz CT molecular complexity index is 776. The van der Waals surface area contributed by atoms with E-state index >= 15 is 0 Å². The van der Waals surface area contributed by atoms with Crippen molar-refractivity contribution in [2.24, 2.45) is 4.99 Å². The van der Waals surface area contributed by atoms with Gasteiger partial charge in [0.2, 0.25) is 0 Å². The van der Waals surface area contributed by atoms with Crippen LogP contribution in [0.25, 0.3) is 5.57 Å². The van der Waals surface area contributed by atoms with Crippen molar-refractivity contribution in [1.29, 1.82) is 0 Å². The molecule has 0 bridgehead atoms. The van der Waals surface area contributed by atoms with Crippen LogP contribution in [0.15, 0.2) is 59.7 Å². The first-order valence-corrected chi connectivity index (χ1v) is 7.95. The fourth-order valence-corrected chi connectivity index (χ4v) is 2.93. The summed E-state index contributed by atoms with van der Waals surface area (Å²) in [7, 11) is 1.38. The molecule has 22 heavy (non-hydrogen) atoms. The van der Waals surface area contributed by atoms with Gasteiger partial charge in [0.1, 0.15) is 0 Å². The van der Waals surface area contributed by atoms with E-state index in [-0.39, 0.29) is 5.97 Å². The number of esters is 1. The number of rotatable bonds is 3. The Balaban J connectivity index is 1.75. The van der Waals surface area contributed by atoms with Gasteiger partial charge in [-0.1, -0.05) is 24.3 Å². The second kappa shape index (κ2) is 6.44. The number of carbonyl (C=O) groups is 1. The zero-order valence-electron chi connectivity index (χ0n) is 12.0. The molecule has 1 aliphatic rings. The highest BCUT2D eigenvalue weighted by atomic mass is 127. The van der Waals surface area contributed by atoms with E-state index in [9.17, 15) is 4.79 Å². The van der Waals surface area contributed by atoms with Crippen molar-refractivity contribution < 1.29 is 9.53 Å². The molecule has 4 heteroatoms. The van der Waals surface area contributed by atoms with Gasteiger partial charge in [0.15, 0.2) is 0 Å². The SMILES string of the molecule is COC(=O)c1ccc(C2=NC=C(c3cccc(I)c3)C2)cc1. The summed E-state index contributed by atoms with van der Waals surface area (Å²) in [6, 6.07) is 15.8. The third-order valence-corrected chi connectivity index (χ3v) is 4.24. The van der Waals surface area contributed by atoms with Crippen LogP contribution in [0.2, 0.25) is 0 Å². The first-order valence-electron chi connectivity index (χ1n) is 6.88. The van der Waals surface area contributed by atoms with Crippen LogP contribution < -0.4 is 0 Å². The number of aliphatic imine (C=N–C) groups is 1. The van der Waals surface area contributed by atoms with Crippen molar-refractivity contribution in [3.8, 4) is 0 Å². The van der Waals surface area contributed by atoms with E-state index in [1.54, 1.807) is 12.1 Å². The number of hydrogen-bond acceptors (Lipinski definition) is 3. The van der Waals surface area contributed by atoms with Crippen LogP contribution in [-0.4, -0.2) is 18.8 Å². The van der Waals surface area contributed by atoms with Gasteiger partial charge in [-0.3, -0.25) is 4.99 Å². The molecule has 2 aromatic carbocycles. The van der Waals surface area contributed by atoms with Gasteiger partial charge < -0.3 is 4.74 Å². The molecule has 0 spiro atoms. The number of methoxy groups -OCH3 is 1. The Morgan fingerprint density at radius 1 is 1.14 bits per heavy atom. The maximum absolute atomic E-state index is 11.5. The van der Waals surface area contributed by atoms with Crippen molar-refractivity contribution in [3.05, 3.63) is 75.0 Å². The maximum atomic E-state index is 11.5.